The predicted molar refractivity (Wildman–Crippen MR) is 127 cm³/mol. The van der Waals surface area contributed by atoms with E-state index in [9.17, 15) is 4.79 Å². The molecule has 0 saturated carbocycles. The maximum atomic E-state index is 12.9. The minimum Gasteiger partial charge on any atom is -0.375 e. The van der Waals surface area contributed by atoms with Crippen LogP contribution in [-0.4, -0.2) is 64.2 Å². The van der Waals surface area contributed by atoms with Crippen molar-refractivity contribution in [2.75, 3.05) is 49.2 Å². The number of anilines is 3. The summed E-state index contributed by atoms with van der Waals surface area (Å²) >= 11 is 1.42. The SMILES string of the molecule is CN1CCN(c2cc(C(=O)Nc3cc4cc(-c5cnc(N)s5)ccc4nn3)ccn2)CC1. The Morgan fingerprint density at radius 1 is 1.06 bits per heavy atom. The molecule has 1 saturated heterocycles. The van der Waals surface area contributed by atoms with Crippen LogP contribution < -0.4 is 16.0 Å². The van der Waals surface area contributed by atoms with E-state index >= 15 is 0 Å². The van der Waals surface area contributed by atoms with Gasteiger partial charge in [0.05, 0.1) is 10.4 Å². The molecule has 0 atom stereocenters. The first-order chi connectivity index (χ1) is 15.5. The first-order valence-corrected chi connectivity index (χ1v) is 11.1. The molecule has 9 nitrogen and oxygen atoms in total. The van der Waals surface area contributed by atoms with Crippen molar-refractivity contribution in [1.82, 2.24) is 25.1 Å². The Labute approximate surface area is 188 Å². The third-order valence-electron chi connectivity index (χ3n) is 5.47. The number of hydrogen-bond donors (Lipinski definition) is 2. The van der Waals surface area contributed by atoms with Crippen LogP contribution in [0, 0.1) is 0 Å². The molecule has 0 aliphatic carbocycles. The molecular weight excluding hydrogens is 424 g/mol. The van der Waals surface area contributed by atoms with Gasteiger partial charge in [-0.1, -0.05) is 17.4 Å². The lowest BCUT2D eigenvalue weighted by Gasteiger charge is -2.33. The Kier molecular flexibility index (Phi) is 5.38. The summed E-state index contributed by atoms with van der Waals surface area (Å²) in [5, 5.41) is 12.6. The fourth-order valence-electron chi connectivity index (χ4n) is 3.64. The van der Waals surface area contributed by atoms with Crippen LogP contribution in [0.25, 0.3) is 21.3 Å². The molecule has 1 amide bonds. The summed E-state index contributed by atoms with van der Waals surface area (Å²) in [6, 6.07) is 11.2. The molecule has 0 spiro atoms. The summed E-state index contributed by atoms with van der Waals surface area (Å²) in [5.41, 5.74) is 8.02. The Bertz CT molecular complexity index is 1280. The first-order valence-electron chi connectivity index (χ1n) is 10.3. The van der Waals surface area contributed by atoms with Gasteiger partial charge < -0.3 is 20.9 Å². The molecule has 0 unspecified atom stereocenters. The number of amides is 1. The average molecular weight is 447 g/mol. The van der Waals surface area contributed by atoms with Crippen molar-refractivity contribution >= 4 is 44.9 Å². The van der Waals surface area contributed by atoms with Gasteiger partial charge in [-0.05, 0) is 42.9 Å². The highest BCUT2D eigenvalue weighted by Crippen LogP contribution is 2.29. The maximum absolute atomic E-state index is 12.9. The molecule has 1 aromatic carbocycles. The third-order valence-corrected chi connectivity index (χ3v) is 6.35. The summed E-state index contributed by atoms with van der Waals surface area (Å²) in [6.07, 6.45) is 3.42. The van der Waals surface area contributed by atoms with Crippen molar-refractivity contribution in [3.63, 3.8) is 0 Å². The molecule has 0 bridgehead atoms. The molecule has 1 fully saturated rings. The van der Waals surface area contributed by atoms with Crippen LogP contribution in [0.3, 0.4) is 0 Å². The van der Waals surface area contributed by atoms with E-state index in [1.165, 1.54) is 11.3 Å². The molecule has 162 valence electrons. The number of likely N-dealkylation sites (N-methyl/N-ethyl adjacent to an activating group) is 1. The fraction of sp³-hybridized carbons (Fsp3) is 0.227. The van der Waals surface area contributed by atoms with Gasteiger partial charge in [-0.3, -0.25) is 4.79 Å². The smallest absolute Gasteiger partial charge is 0.257 e. The van der Waals surface area contributed by atoms with Gasteiger partial charge in [0, 0.05) is 49.5 Å². The van der Waals surface area contributed by atoms with Crippen LogP contribution in [0.4, 0.5) is 16.8 Å². The summed E-state index contributed by atoms with van der Waals surface area (Å²) < 4.78 is 0. The fourth-order valence-corrected chi connectivity index (χ4v) is 4.32. The van der Waals surface area contributed by atoms with E-state index in [0.29, 0.717) is 16.5 Å². The van der Waals surface area contributed by atoms with Crippen LogP contribution >= 0.6 is 11.3 Å². The first kappa shape index (κ1) is 20.3. The van der Waals surface area contributed by atoms with Crippen molar-refractivity contribution in [2.45, 2.75) is 0 Å². The number of rotatable bonds is 4. The average Bonchev–Trinajstić information content (AvgIpc) is 3.25. The van der Waals surface area contributed by atoms with E-state index in [0.717, 1.165) is 53.3 Å². The normalized spacial score (nSPS) is 14.6. The number of thiazole rings is 1. The Morgan fingerprint density at radius 2 is 1.91 bits per heavy atom. The number of piperazine rings is 1. The lowest BCUT2D eigenvalue weighted by atomic mass is 10.1. The molecule has 10 heteroatoms. The van der Waals surface area contributed by atoms with Crippen LogP contribution in [-0.2, 0) is 0 Å². The number of fused-ring (bicyclic) bond motifs is 1. The second kappa shape index (κ2) is 8.48. The molecule has 1 aliphatic rings. The summed E-state index contributed by atoms with van der Waals surface area (Å²) in [4.78, 5) is 26.9. The number of carbonyl (C=O) groups is 1. The topological polar surface area (TPSA) is 113 Å². The molecule has 5 rings (SSSR count). The van der Waals surface area contributed by atoms with Gasteiger partial charge in [0.1, 0.15) is 5.82 Å². The quantitative estimate of drug-likeness (QED) is 0.492. The molecule has 3 aromatic heterocycles. The number of benzene rings is 1. The van der Waals surface area contributed by atoms with Gasteiger partial charge in [-0.2, -0.15) is 0 Å². The Morgan fingerprint density at radius 3 is 2.69 bits per heavy atom. The molecule has 4 aromatic rings. The highest BCUT2D eigenvalue weighted by atomic mass is 32.1. The number of nitrogen functional groups attached to an aromatic ring is 1. The van der Waals surface area contributed by atoms with E-state index in [2.05, 4.69) is 42.3 Å². The lowest BCUT2D eigenvalue weighted by Crippen LogP contribution is -2.44. The van der Waals surface area contributed by atoms with Crippen molar-refractivity contribution < 1.29 is 4.79 Å². The van der Waals surface area contributed by atoms with Crippen molar-refractivity contribution in [3.8, 4) is 10.4 Å². The largest absolute Gasteiger partial charge is 0.375 e. The lowest BCUT2D eigenvalue weighted by molar-refractivity contribution is 0.102. The standard InChI is InChI=1S/C22H22N8OS/c1-29-6-8-30(9-7-29)20-12-15(4-5-24-20)21(31)26-19-11-16-10-14(2-3-17(16)27-28-19)18-13-25-22(23)32-18/h2-5,10-13H,6-9H2,1H3,(H2,23,25)(H,26,28,31). The molecule has 0 radical (unpaired) electrons. The summed E-state index contributed by atoms with van der Waals surface area (Å²) in [5.74, 6) is 0.952. The molecule has 4 heterocycles. The summed E-state index contributed by atoms with van der Waals surface area (Å²) in [7, 11) is 2.11. The van der Waals surface area contributed by atoms with Crippen molar-refractivity contribution in [1.29, 1.82) is 0 Å². The van der Waals surface area contributed by atoms with Gasteiger partial charge in [-0.15, -0.1) is 10.2 Å². The number of aromatic nitrogens is 4. The van der Waals surface area contributed by atoms with E-state index in [1.54, 1.807) is 18.5 Å². The van der Waals surface area contributed by atoms with E-state index in [-0.39, 0.29) is 5.91 Å². The zero-order valence-electron chi connectivity index (χ0n) is 17.5. The number of nitrogens with one attached hydrogen (secondary N) is 1. The van der Waals surface area contributed by atoms with Gasteiger partial charge in [0.2, 0.25) is 0 Å². The zero-order chi connectivity index (χ0) is 22.1. The Hall–Kier alpha value is -3.63. The van der Waals surface area contributed by atoms with Crippen LogP contribution in [0.15, 0.2) is 48.8 Å². The number of nitrogens with two attached hydrogens (primary N) is 1. The van der Waals surface area contributed by atoms with Crippen LogP contribution in [0.5, 0.6) is 0 Å². The van der Waals surface area contributed by atoms with Gasteiger partial charge in [0.25, 0.3) is 5.91 Å². The van der Waals surface area contributed by atoms with Gasteiger partial charge >= 0.3 is 0 Å². The predicted octanol–water partition coefficient (Wildman–Crippen LogP) is 2.73. The van der Waals surface area contributed by atoms with Crippen LogP contribution in [0.1, 0.15) is 10.4 Å². The van der Waals surface area contributed by atoms with Crippen molar-refractivity contribution in [2.24, 2.45) is 0 Å². The second-order valence-corrected chi connectivity index (χ2v) is 8.78. The minimum atomic E-state index is -0.247. The van der Waals surface area contributed by atoms with E-state index in [4.69, 9.17) is 5.73 Å². The number of nitrogens with zero attached hydrogens (tertiary/aromatic N) is 6. The highest BCUT2D eigenvalue weighted by molar-refractivity contribution is 7.18. The number of carbonyl (C=O) groups excluding carboxylic acids is 1. The minimum absolute atomic E-state index is 0.247. The number of pyridine rings is 1. The second-order valence-electron chi connectivity index (χ2n) is 7.71. The van der Waals surface area contributed by atoms with Crippen LogP contribution in [0.2, 0.25) is 0 Å². The zero-order valence-corrected chi connectivity index (χ0v) is 18.3. The van der Waals surface area contributed by atoms with E-state index in [1.807, 2.05) is 30.3 Å². The van der Waals surface area contributed by atoms with Crippen molar-refractivity contribution in [3.05, 3.63) is 54.4 Å². The maximum Gasteiger partial charge on any atom is 0.257 e. The Balaban J connectivity index is 1.36. The molecule has 32 heavy (non-hydrogen) atoms. The van der Waals surface area contributed by atoms with Gasteiger partial charge in [-0.25, -0.2) is 9.97 Å². The number of hydrogen-bond acceptors (Lipinski definition) is 9. The van der Waals surface area contributed by atoms with E-state index < -0.39 is 0 Å². The highest BCUT2D eigenvalue weighted by Gasteiger charge is 2.17. The summed E-state index contributed by atoms with van der Waals surface area (Å²) in [6.45, 7) is 3.72. The molecule has 1 aliphatic heterocycles. The van der Waals surface area contributed by atoms with Gasteiger partial charge in [0.15, 0.2) is 10.9 Å². The molecular formula is C22H22N8OS. The monoisotopic (exact) mass is 446 g/mol. The molecule has 3 N–H and O–H groups in total. The third kappa shape index (κ3) is 4.23.